The van der Waals surface area contributed by atoms with Crippen LogP contribution in [0.1, 0.15) is 30.7 Å². The minimum absolute atomic E-state index is 0.179. The first-order valence-electron chi connectivity index (χ1n) is 8.52. The van der Waals surface area contributed by atoms with Gasteiger partial charge in [-0.2, -0.15) is 0 Å². The van der Waals surface area contributed by atoms with Gasteiger partial charge in [0.25, 0.3) is 0 Å². The lowest BCUT2D eigenvalue weighted by atomic mass is 10.1. The molecule has 1 fully saturated rings. The molecule has 5 heteroatoms. The summed E-state index contributed by atoms with van der Waals surface area (Å²) >= 11 is 0. The Hall–Kier alpha value is -2.27. The number of imidazole rings is 1. The zero-order valence-electron chi connectivity index (χ0n) is 13.8. The van der Waals surface area contributed by atoms with Crippen molar-refractivity contribution in [2.24, 2.45) is 0 Å². The number of benzene rings is 1. The fourth-order valence-electron chi connectivity index (χ4n) is 3.63. The number of fused-ring (bicyclic) bond motifs is 1. The third-order valence-corrected chi connectivity index (χ3v) is 4.81. The molecule has 0 unspecified atom stereocenters. The summed E-state index contributed by atoms with van der Waals surface area (Å²) in [5.41, 5.74) is 3.11. The largest absolute Gasteiger partial charge is 0.313 e. The Labute approximate surface area is 141 Å². The molecule has 24 heavy (non-hydrogen) atoms. The van der Waals surface area contributed by atoms with Crippen LogP contribution in [0.2, 0.25) is 0 Å². The number of hydrogen-bond acceptors (Lipinski definition) is 3. The Morgan fingerprint density at radius 1 is 1.21 bits per heavy atom. The van der Waals surface area contributed by atoms with E-state index >= 15 is 0 Å². The predicted molar refractivity (Wildman–Crippen MR) is 92.2 cm³/mol. The van der Waals surface area contributed by atoms with Crippen LogP contribution in [0, 0.1) is 5.82 Å². The summed E-state index contributed by atoms with van der Waals surface area (Å²) in [6.07, 6.45) is 2.93. The van der Waals surface area contributed by atoms with E-state index < -0.39 is 0 Å². The van der Waals surface area contributed by atoms with E-state index in [0.29, 0.717) is 5.92 Å². The van der Waals surface area contributed by atoms with Crippen LogP contribution in [0.3, 0.4) is 0 Å². The average molecular weight is 324 g/mol. The van der Waals surface area contributed by atoms with Gasteiger partial charge in [-0.1, -0.05) is 12.1 Å². The molecule has 3 heterocycles. The molecule has 0 saturated carbocycles. The maximum atomic E-state index is 13.0. The van der Waals surface area contributed by atoms with Crippen LogP contribution in [0.4, 0.5) is 4.39 Å². The standard InChI is InChI=1S/C19H21FN4/c1-2-24-18(22-17-4-3-10-21-19(17)24)15-9-11-23(13-15)12-14-5-7-16(20)8-6-14/h3-8,10,15H,2,9,11-13H2,1H3/t15-/m1/s1. The summed E-state index contributed by atoms with van der Waals surface area (Å²) in [6, 6.07) is 10.8. The van der Waals surface area contributed by atoms with E-state index in [1.807, 2.05) is 30.5 Å². The van der Waals surface area contributed by atoms with Crippen LogP contribution in [-0.4, -0.2) is 32.5 Å². The van der Waals surface area contributed by atoms with Crippen molar-refractivity contribution in [2.75, 3.05) is 13.1 Å². The second-order valence-corrected chi connectivity index (χ2v) is 6.41. The first kappa shape index (κ1) is 15.3. The number of likely N-dealkylation sites (tertiary alicyclic amines) is 1. The first-order chi connectivity index (χ1) is 11.7. The van der Waals surface area contributed by atoms with Gasteiger partial charge in [0.2, 0.25) is 0 Å². The monoisotopic (exact) mass is 324 g/mol. The zero-order chi connectivity index (χ0) is 16.5. The van der Waals surface area contributed by atoms with Gasteiger partial charge in [0.05, 0.1) is 0 Å². The third kappa shape index (κ3) is 2.80. The summed E-state index contributed by atoms with van der Waals surface area (Å²) in [4.78, 5) is 11.8. The molecule has 1 aromatic carbocycles. The van der Waals surface area contributed by atoms with E-state index in [1.165, 1.54) is 12.1 Å². The fourth-order valence-corrected chi connectivity index (χ4v) is 3.63. The molecule has 0 spiro atoms. The van der Waals surface area contributed by atoms with Crippen LogP contribution in [0.5, 0.6) is 0 Å². The van der Waals surface area contributed by atoms with Gasteiger partial charge in [-0.15, -0.1) is 0 Å². The summed E-state index contributed by atoms with van der Waals surface area (Å²) in [5, 5.41) is 0. The molecule has 0 amide bonds. The van der Waals surface area contributed by atoms with E-state index in [4.69, 9.17) is 4.98 Å². The van der Waals surface area contributed by atoms with Gasteiger partial charge in [-0.3, -0.25) is 4.90 Å². The molecule has 1 aliphatic rings. The van der Waals surface area contributed by atoms with Crippen molar-refractivity contribution in [3.05, 3.63) is 59.8 Å². The van der Waals surface area contributed by atoms with Gasteiger partial charge in [0.1, 0.15) is 17.2 Å². The molecule has 4 rings (SSSR count). The van der Waals surface area contributed by atoms with Crippen LogP contribution >= 0.6 is 0 Å². The summed E-state index contributed by atoms with van der Waals surface area (Å²) in [6.45, 7) is 5.92. The lowest BCUT2D eigenvalue weighted by molar-refractivity contribution is 0.325. The molecule has 0 radical (unpaired) electrons. The van der Waals surface area contributed by atoms with Crippen molar-refractivity contribution in [3.63, 3.8) is 0 Å². The molecule has 4 nitrogen and oxygen atoms in total. The zero-order valence-corrected chi connectivity index (χ0v) is 13.8. The van der Waals surface area contributed by atoms with Crippen LogP contribution < -0.4 is 0 Å². The van der Waals surface area contributed by atoms with Crippen LogP contribution in [0.15, 0.2) is 42.6 Å². The Bertz CT molecular complexity index is 840. The van der Waals surface area contributed by atoms with Gasteiger partial charge in [-0.25, -0.2) is 14.4 Å². The molecule has 0 N–H and O–H groups in total. The molecular weight excluding hydrogens is 303 g/mol. The van der Waals surface area contributed by atoms with E-state index in [2.05, 4.69) is 21.4 Å². The van der Waals surface area contributed by atoms with Crippen LogP contribution in [0.25, 0.3) is 11.2 Å². The number of nitrogens with zero attached hydrogens (tertiary/aromatic N) is 4. The lowest BCUT2D eigenvalue weighted by Gasteiger charge is -2.16. The maximum absolute atomic E-state index is 13.0. The topological polar surface area (TPSA) is 34.0 Å². The summed E-state index contributed by atoms with van der Waals surface area (Å²) < 4.78 is 15.3. The number of pyridine rings is 1. The Morgan fingerprint density at radius 2 is 2.04 bits per heavy atom. The van der Waals surface area contributed by atoms with E-state index in [1.54, 1.807) is 0 Å². The lowest BCUT2D eigenvalue weighted by Crippen LogP contribution is -2.20. The van der Waals surface area contributed by atoms with Gasteiger partial charge >= 0.3 is 0 Å². The smallest absolute Gasteiger partial charge is 0.159 e. The van der Waals surface area contributed by atoms with Crippen molar-refractivity contribution >= 4 is 11.2 Å². The molecule has 124 valence electrons. The van der Waals surface area contributed by atoms with Gasteiger partial charge < -0.3 is 4.57 Å². The molecule has 1 aliphatic heterocycles. The summed E-state index contributed by atoms with van der Waals surface area (Å²) in [7, 11) is 0. The van der Waals surface area contributed by atoms with Crippen molar-refractivity contribution in [1.82, 2.24) is 19.4 Å². The van der Waals surface area contributed by atoms with Crippen molar-refractivity contribution in [3.8, 4) is 0 Å². The normalized spacial score (nSPS) is 18.5. The quantitative estimate of drug-likeness (QED) is 0.735. The SMILES string of the molecule is CCn1c([C@@H]2CCN(Cc3ccc(F)cc3)C2)nc2cccnc21. The highest BCUT2D eigenvalue weighted by Gasteiger charge is 2.28. The molecule has 0 bridgehead atoms. The average Bonchev–Trinajstić information content (AvgIpc) is 3.20. The highest BCUT2D eigenvalue weighted by atomic mass is 19.1. The molecule has 0 aliphatic carbocycles. The fraction of sp³-hybridized carbons (Fsp3) is 0.368. The number of rotatable bonds is 4. The Balaban J connectivity index is 1.53. The van der Waals surface area contributed by atoms with Crippen LogP contribution in [-0.2, 0) is 13.1 Å². The van der Waals surface area contributed by atoms with E-state index in [9.17, 15) is 4.39 Å². The predicted octanol–water partition coefficient (Wildman–Crippen LogP) is 3.58. The Kier molecular flexibility index (Phi) is 4.02. The first-order valence-corrected chi connectivity index (χ1v) is 8.52. The number of hydrogen-bond donors (Lipinski definition) is 0. The molecular formula is C19H21FN4. The van der Waals surface area contributed by atoms with E-state index in [-0.39, 0.29) is 5.82 Å². The second-order valence-electron chi connectivity index (χ2n) is 6.41. The van der Waals surface area contributed by atoms with Crippen molar-refractivity contribution < 1.29 is 4.39 Å². The maximum Gasteiger partial charge on any atom is 0.159 e. The minimum Gasteiger partial charge on any atom is -0.313 e. The van der Waals surface area contributed by atoms with E-state index in [0.717, 1.165) is 55.2 Å². The number of halogens is 1. The second kappa shape index (κ2) is 6.32. The van der Waals surface area contributed by atoms with Gasteiger partial charge in [-0.05, 0) is 49.7 Å². The number of aromatic nitrogens is 3. The van der Waals surface area contributed by atoms with Crippen molar-refractivity contribution in [2.45, 2.75) is 32.4 Å². The highest BCUT2D eigenvalue weighted by molar-refractivity contribution is 5.71. The Morgan fingerprint density at radius 3 is 2.83 bits per heavy atom. The van der Waals surface area contributed by atoms with Gasteiger partial charge in [0, 0.05) is 31.7 Å². The highest BCUT2D eigenvalue weighted by Crippen LogP contribution is 2.29. The van der Waals surface area contributed by atoms with Gasteiger partial charge in [0.15, 0.2) is 5.65 Å². The molecule has 1 saturated heterocycles. The molecule has 1 atom stereocenters. The minimum atomic E-state index is -0.179. The third-order valence-electron chi connectivity index (χ3n) is 4.81. The summed E-state index contributed by atoms with van der Waals surface area (Å²) in [5.74, 6) is 1.40. The van der Waals surface area contributed by atoms with Crippen molar-refractivity contribution in [1.29, 1.82) is 0 Å². The number of aryl methyl sites for hydroxylation is 1. The molecule has 2 aromatic heterocycles. The molecule has 3 aromatic rings.